The van der Waals surface area contributed by atoms with Crippen LogP contribution in [0.2, 0.25) is 0 Å². The number of aryl methyl sites for hydroxylation is 2. The maximum atomic E-state index is 11.8. The maximum Gasteiger partial charge on any atom is 0.236 e. The molecular formula is C11H11N7O2S. The van der Waals surface area contributed by atoms with Gasteiger partial charge in [0, 0.05) is 13.1 Å². The average molecular weight is 305 g/mol. The molecule has 1 amide bonds. The van der Waals surface area contributed by atoms with E-state index in [0.29, 0.717) is 27.8 Å². The van der Waals surface area contributed by atoms with Crippen LogP contribution in [-0.4, -0.2) is 41.8 Å². The molecule has 0 aliphatic rings. The minimum Gasteiger partial charge on any atom is -0.360 e. The van der Waals surface area contributed by atoms with Crippen molar-refractivity contribution in [2.75, 3.05) is 11.1 Å². The van der Waals surface area contributed by atoms with Gasteiger partial charge in [0.2, 0.25) is 5.91 Å². The molecule has 0 unspecified atom stereocenters. The van der Waals surface area contributed by atoms with E-state index in [0.717, 1.165) is 0 Å². The van der Waals surface area contributed by atoms with Gasteiger partial charge in [-0.3, -0.25) is 4.79 Å². The van der Waals surface area contributed by atoms with Crippen molar-refractivity contribution in [3.63, 3.8) is 0 Å². The summed E-state index contributed by atoms with van der Waals surface area (Å²) in [5.74, 6) is 0.999. The van der Waals surface area contributed by atoms with Gasteiger partial charge in [-0.2, -0.15) is 0 Å². The summed E-state index contributed by atoms with van der Waals surface area (Å²) in [5.41, 5.74) is 1.20. The Morgan fingerprint density at radius 2 is 2.33 bits per heavy atom. The van der Waals surface area contributed by atoms with E-state index in [4.69, 9.17) is 4.52 Å². The zero-order chi connectivity index (χ0) is 14.8. The van der Waals surface area contributed by atoms with Crippen LogP contribution in [0.4, 0.5) is 5.82 Å². The fraction of sp³-hybridized carbons (Fsp3) is 0.273. The lowest BCUT2D eigenvalue weighted by atomic mass is 10.5. The smallest absolute Gasteiger partial charge is 0.236 e. The molecule has 0 spiro atoms. The van der Waals surface area contributed by atoms with Crippen LogP contribution in [0.3, 0.4) is 0 Å². The lowest BCUT2D eigenvalue weighted by Crippen LogP contribution is -2.14. The molecule has 0 aliphatic carbocycles. The Hall–Kier alpha value is -2.49. The van der Waals surface area contributed by atoms with Gasteiger partial charge in [0.05, 0.1) is 5.75 Å². The third kappa shape index (κ3) is 2.84. The number of hydrogen-bond donors (Lipinski definition) is 1. The first-order valence-corrected chi connectivity index (χ1v) is 6.98. The monoisotopic (exact) mass is 305 g/mol. The molecule has 21 heavy (non-hydrogen) atoms. The van der Waals surface area contributed by atoms with Crippen LogP contribution < -0.4 is 5.32 Å². The molecule has 0 fully saturated rings. The fourth-order valence-corrected chi connectivity index (χ4v) is 2.41. The van der Waals surface area contributed by atoms with Crippen LogP contribution in [-0.2, 0) is 11.8 Å². The number of hydrogen-bond acceptors (Lipinski definition) is 8. The second-order valence-corrected chi connectivity index (χ2v) is 5.19. The van der Waals surface area contributed by atoms with Crippen LogP contribution in [0, 0.1) is 6.92 Å². The molecule has 1 N–H and O–H groups in total. The minimum atomic E-state index is -0.205. The van der Waals surface area contributed by atoms with Gasteiger partial charge >= 0.3 is 0 Å². The van der Waals surface area contributed by atoms with E-state index in [1.807, 2.05) is 0 Å². The molecule has 0 saturated carbocycles. The molecule has 0 bridgehead atoms. The number of anilines is 1. The fourth-order valence-electron chi connectivity index (χ4n) is 1.68. The van der Waals surface area contributed by atoms with Gasteiger partial charge in [0.25, 0.3) is 0 Å². The SMILES string of the molecule is Cc1cc(NC(=O)CSc2ncnc3c2nnn3C)no1. The number of rotatable bonds is 4. The number of fused-ring (bicyclic) bond motifs is 1. The van der Waals surface area contributed by atoms with Gasteiger partial charge in [-0.05, 0) is 6.92 Å². The lowest BCUT2D eigenvalue weighted by Gasteiger charge is -2.01. The zero-order valence-corrected chi connectivity index (χ0v) is 12.1. The highest BCUT2D eigenvalue weighted by Crippen LogP contribution is 2.22. The molecule has 0 radical (unpaired) electrons. The van der Waals surface area contributed by atoms with E-state index in [1.54, 1.807) is 24.7 Å². The molecule has 0 aromatic carbocycles. The normalized spacial score (nSPS) is 11.0. The predicted molar refractivity (Wildman–Crippen MR) is 74.7 cm³/mol. The third-order valence-electron chi connectivity index (χ3n) is 2.59. The van der Waals surface area contributed by atoms with Gasteiger partial charge in [0.15, 0.2) is 17.0 Å². The van der Waals surface area contributed by atoms with Gasteiger partial charge in [-0.1, -0.05) is 22.1 Å². The molecule has 0 atom stereocenters. The molecule has 108 valence electrons. The minimum absolute atomic E-state index is 0.175. The second kappa shape index (κ2) is 5.48. The van der Waals surface area contributed by atoms with Gasteiger partial charge in [0.1, 0.15) is 17.1 Å². The first kappa shape index (κ1) is 13.5. The molecule has 10 heteroatoms. The number of amides is 1. The second-order valence-electron chi connectivity index (χ2n) is 4.22. The molecule has 3 aromatic rings. The Morgan fingerprint density at radius 1 is 1.48 bits per heavy atom. The predicted octanol–water partition coefficient (Wildman–Crippen LogP) is 0.786. The summed E-state index contributed by atoms with van der Waals surface area (Å²) in [5, 5.41) is 14.8. The van der Waals surface area contributed by atoms with Crippen LogP contribution in [0.25, 0.3) is 11.2 Å². The van der Waals surface area contributed by atoms with Crippen molar-refractivity contribution in [2.24, 2.45) is 7.05 Å². The van der Waals surface area contributed by atoms with Crippen LogP contribution in [0.1, 0.15) is 5.76 Å². The van der Waals surface area contributed by atoms with Gasteiger partial charge < -0.3 is 9.84 Å². The van der Waals surface area contributed by atoms with E-state index < -0.39 is 0 Å². The van der Waals surface area contributed by atoms with Crippen molar-refractivity contribution in [3.05, 3.63) is 18.2 Å². The molecule has 0 saturated heterocycles. The zero-order valence-electron chi connectivity index (χ0n) is 11.3. The summed E-state index contributed by atoms with van der Waals surface area (Å²) in [6.45, 7) is 1.75. The Balaban J connectivity index is 1.67. The number of carbonyl (C=O) groups excluding carboxylic acids is 1. The number of nitrogens with zero attached hydrogens (tertiary/aromatic N) is 6. The molecule has 3 rings (SSSR count). The van der Waals surface area contributed by atoms with Crippen LogP contribution >= 0.6 is 11.8 Å². The Labute approximate surface area is 123 Å². The van der Waals surface area contributed by atoms with E-state index in [2.05, 4.69) is 30.8 Å². The number of nitrogens with one attached hydrogen (secondary N) is 1. The molecule has 0 aliphatic heterocycles. The summed E-state index contributed by atoms with van der Waals surface area (Å²) in [7, 11) is 1.75. The topological polar surface area (TPSA) is 112 Å². The van der Waals surface area contributed by atoms with E-state index in [-0.39, 0.29) is 11.7 Å². The summed E-state index contributed by atoms with van der Waals surface area (Å²) < 4.78 is 6.43. The van der Waals surface area contributed by atoms with E-state index in [1.165, 1.54) is 18.1 Å². The van der Waals surface area contributed by atoms with Crippen molar-refractivity contribution in [2.45, 2.75) is 11.9 Å². The first-order chi connectivity index (χ1) is 10.1. The Morgan fingerprint density at radius 3 is 3.10 bits per heavy atom. The summed E-state index contributed by atoms with van der Waals surface area (Å²) in [6.07, 6.45) is 1.42. The van der Waals surface area contributed by atoms with Crippen LogP contribution in [0.15, 0.2) is 21.9 Å². The number of thioether (sulfide) groups is 1. The quantitative estimate of drug-likeness (QED) is 0.556. The van der Waals surface area contributed by atoms with Crippen molar-refractivity contribution in [1.82, 2.24) is 30.1 Å². The highest BCUT2D eigenvalue weighted by atomic mass is 32.2. The molecule has 9 nitrogen and oxygen atoms in total. The lowest BCUT2D eigenvalue weighted by molar-refractivity contribution is -0.113. The Bertz CT molecular complexity index is 797. The third-order valence-corrected chi connectivity index (χ3v) is 3.57. The summed E-state index contributed by atoms with van der Waals surface area (Å²) >= 11 is 1.26. The largest absolute Gasteiger partial charge is 0.360 e. The maximum absolute atomic E-state index is 11.8. The van der Waals surface area contributed by atoms with Crippen molar-refractivity contribution in [1.29, 1.82) is 0 Å². The van der Waals surface area contributed by atoms with Crippen molar-refractivity contribution < 1.29 is 9.32 Å². The van der Waals surface area contributed by atoms with E-state index in [9.17, 15) is 4.79 Å². The van der Waals surface area contributed by atoms with Crippen molar-refractivity contribution in [3.8, 4) is 0 Å². The highest BCUT2D eigenvalue weighted by molar-refractivity contribution is 8.00. The number of aromatic nitrogens is 6. The highest BCUT2D eigenvalue weighted by Gasteiger charge is 2.13. The van der Waals surface area contributed by atoms with Gasteiger partial charge in [-0.25, -0.2) is 14.6 Å². The standard InChI is InChI=1S/C11H11N7O2S/c1-6-3-7(16-20-6)14-8(19)4-21-11-9-10(12-5-13-11)18(2)17-15-9/h3,5H,4H2,1-2H3,(H,14,16,19). The molecule has 3 aromatic heterocycles. The average Bonchev–Trinajstić information content (AvgIpc) is 3.04. The summed E-state index contributed by atoms with van der Waals surface area (Å²) in [6, 6.07) is 1.65. The van der Waals surface area contributed by atoms with Gasteiger partial charge in [-0.15, -0.1) is 5.10 Å². The van der Waals surface area contributed by atoms with Crippen molar-refractivity contribution >= 4 is 34.7 Å². The first-order valence-electron chi connectivity index (χ1n) is 6.00. The Kier molecular flexibility index (Phi) is 3.52. The van der Waals surface area contributed by atoms with E-state index >= 15 is 0 Å². The van der Waals surface area contributed by atoms with Crippen LogP contribution in [0.5, 0.6) is 0 Å². The summed E-state index contributed by atoms with van der Waals surface area (Å²) in [4.78, 5) is 20.1. The molecular weight excluding hydrogens is 294 g/mol. The molecule has 3 heterocycles. The number of carbonyl (C=O) groups is 1.